The van der Waals surface area contributed by atoms with E-state index in [2.05, 4.69) is 5.32 Å². The number of hydrogen-bond donors (Lipinski definition) is 1. The molecule has 2 amide bonds. The third-order valence-electron chi connectivity index (χ3n) is 2.68. The SMILES string of the molecule is O=C1[N]C(=O)c2ccc(O)c3cccc1c23. The van der Waals surface area contributed by atoms with E-state index in [1.54, 1.807) is 18.2 Å². The minimum absolute atomic E-state index is 0.0584. The Bertz CT molecular complexity index is 626. The maximum Gasteiger partial charge on any atom is 0.281 e. The van der Waals surface area contributed by atoms with E-state index in [1.807, 2.05) is 0 Å². The molecule has 1 N–H and O–H groups in total. The topological polar surface area (TPSA) is 68.5 Å². The van der Waals surface area contributed by atoms with Gasteiger partial charge in [0.25, 0.3) is 11.8 Å². The molecule has 0 unspecified atom stereocenters. The van der Waals surface area contributed by atoms with Gasteiger partial charge in [0.2, 0.25) is 0 Å². The highest BCUT2D eigenvalue weighted by atomic mass is 16.3. The first kappa shape index (κ1) is 8.91. The number of benzene rings is 2. The lowest BCUT2D eigenvalue weighted by atomic mass is 9.95. The fraction of sp³-hybridized carbons (Fsp3) is 0. The van der Waals surface area contributed by atoms with Gasteiger partial charge in [0, 0.05) is 10.8 Å². The molecule has 0 bridgehead atoms. The number of carbonyl (C=O) groups excluding carboxylic acids is 2. The van der Waals surface area contributed by atoms with Gasteiger partial charge in [-0.25, -0.2) is 0 Å². The van der Waals surface area contributed by atoms with Crippen LogP contribution in [0.15, 0.2) is 30.3 Å². The summed E-state index contributed by atoms with van der Waals surface area (Å²) in [5, 5.41) is 14.1. The number of nitrogens with zero attached hydrogens (tertiary/aromatic N) is 1. The van der Waals surface area contributed by atoms with Crippen LogP contribution in [0.5, 0.6) is 5.75 Å². The Kier molecular flexibility index (Phi) is 1.57. The second-order valence-corrected chi connectivity index (χ2v) is 3.58. The van der Waals surface area contributed by atoms with E-state index in [-0.39, 0.29) is 5.75 Å². The first-order valence-corrected chi connectivity index (χ1v) is 4.73. The molecule has 77 valence electrons. The zero-order valence-electron chi connectivity index (χ0n) is 8.10. The van der Waals surface area contributed by atoms with Crippen LogP contribution in [0.4, 0.5) is 0 Å². The van der Waals surface area contributed by atoms with Crippen molar-refractivity contribution in [3.8, 4) is 5.75 Å². The summed E-state index contributed by atoms with van der Waals surface area (Å²) < 4.78 is 0. The van der Waals surface area contributed by atoms with Crippen molar-refractivity contribution in [3.05, 3.63) is 41.5 Å². The molecule has 0 saturated carbocycles. The summed E-state index contributed by atoms with van der Waals surface area (Å²) in [6, 6.07) is 7.85. The predicted octanol–water partition coefficient (Wildman–Crippen LogP) is 1.44. The van der Waals surface area contributed by atoms with Crippen LogP contribution in [0.2, 0.25) is 0 Å². The number of imide groups is 1. The molecule has 4 nitrogen and oxygen atoms in total. The molecular weight excluding hydrogens is 206 g/mol. The van der Waals surface area contributed by atoms with Gasteiger partial charge in [0.05, 0.1) is 11.1 Å². The Morgan fingerprint density at radius 1 is 0.938 bits per heavy atom. The number of phenolic OH excluding ortho intramolecular Hbond substituents is 1. The van der Waals surface area contributed by atoms with E-state index in [0.29, 0.717) is 21.9 Å². The van der Waals surface area contributed by atoms with E-state index in [1.165, 1.54) is 12.1 Å². The maximum absolute atomic E-state index is 11.5. The minimum Gasteiger partial charge on any atom is -0.507 e. The average molecular weight is 212 g/mol. The maximum atomic E-state index is 11.5. The molecule has 1 radical (unpaired) electrons. The van der Waals surface area contributed by atoms with Crippen LogP contribution < -0.4 is 5.32 Å². The van der Waals surface area contributed by atoms with Gasteiger partial charge in [0.1, 0.15) is 5.75 Å². The molecule has 1 aliphatic heterocycles. The van der Waals surface area contributed by atoms with Crippen LogP contribution in [0, 0.1) is 0 Å². The van der Waals surface area contributed by atoms with E-state index in [4.69, 9.17) is 0 Å². The molecule has 0 atom stereocenters. The molecule has 16 heavy (non-hydrogen) atoms. The Hall–Kier alpha value is -2.36. The van der Waals surface area contributed by atoms with Gasteiger partial charge >= 0.3 is 0 Å². The third-order valence-corrected chi connectivity index (χ3v) is 2.68. The Labute approximate surface area is 90.5 Å². The second-order valence-electron chi connectivity index (χ2n) is 3.58. The summed E-state index contributed by atoms with van der Waals surface area (Å²) in [5.41, 5.74) is 0.728. The number of amides is 2. The van der Waals surface area contributed by atoms with Crippen molar-refractivity contribution in [2.24, 2.45) is 0 Å². The first-order chi connectivity index (χ1) is 7.68. The van der Waals surface area contributed by atoms with Crippen molar-refractivity contribution < 1.29 is 14.7 Å². The van der Waals surface area contributed by atoms with Gasteiger partial charge in [-0.1, -0.05) is 12.1 Å². The molecule has 1 heterocycles. The van der Waals surface area contributed by atoms with Crippen LogP contribution >= 0.6 is 0 Å². The number of carbonyl (C=O) groups is 2. The zero-order valence-corrected chi connectivity index (χ0v) is 8.10. The Balaban J connectivity index is 2.57. The van der Waals surface area contributed by atoms with Gasteiger partial charge in [-0.15, -0.1) is 0 Å². The van der Waals surface area contributed by atoms with Crippen molar-refractivity contribution in [1.82, 2.24) is 5.32 Å². The lowest BCUT2D eigenvalue weighted by Gasteiger charge is -2.14. The van der Waals surface area contributed by atoms with Crippen molar-refractivity contribution in [3.63, 3.8) is 0 Å². The Morgan fingerprint density at radius 2 is 1.62 bits per heavy atom. The van der Waals surface area contributed by atoms with Crippen molar-refractivity contribution >= 4 is 22.6 Å². The largest absolute Gasteiger partial charge is 0.507 e. The molecule has 0 aliphatic carbocycles. The van der Waals surface area contributed by atoms with Crippen LogP contribution in [0.25, 0.3) is 10.8 Å². The second kappa shape index (κ2) is 2.82. The summed E-state index contributed by atoms with van der Waals surface area (Å²) in [5.74, 6) is -1.04. The summed E-state index contributed by atoms with van der Waals surface area (Å²) in [4.78, 5) is 23.0. The monoisotopic (exact) mass is 212 g/mol. The third kappa shape index (κ3) is 0.982. The Morgan fingerprint density at radius 3 is 2.38 bits per heavy atom. The molecule has 0 spiro atoms. The van der Waals surface area contributed by atoms with Crippen molar-refractivity contribution in [2.45, 2.75) is 0 Å². The predicted molar refractivity (Wildman–Crippen MR) is 56.4 cm³/mol. The summed E-state index contributed by atoms with van der Waals surface area (Å²) in [6.07, 6.45) is 0. The molecule has 0 fully saturated rings. The summed E-state index contributed by atoms with van der Waals surface area (Å²) in [6.45, 7) is 0. The minimum atomic E-state index is -0.547. The van der Waals surface area contributed by atoms with E-state index >= 15 is 0 Å². The highest BCUT2D eigenvalue weighted by Gasteiger charge is 2.27. The molecule has 1 aliphatic rings. The fourth-order valence-electron chi connectivity index (χ4n) is 1.96. The highest BCUT2D eigenvalue weighted by Crippen LogP contribution is 2.32. The number of hydrogen-bond acceptors (Lipinski definition) is 3. The highest BCUT2D eigenvalue weighted by molar-refractivity contribution is 6.25. The average Bonchev–Trinajstić information content (AvgIpc) is 2.27. The number of phenols is 1. The fourth-order valence-corrected chi connectivity index (χ4v) is 1.96. The molecular formula is C12H6NO3. The standard InChI is InChI=1S/C12H6NO3/c14-9-5-4-8-10-6(9)2-1-3-7(10)11(15)13-12(8)16/h1-5,14H. The number of aromatic hydroxyl groups is 1. The van der Waals surface area contributed by atoms with Gasteiger partial charge in [-0.05, 0) is 18.2 Å². The van der Waals surface area contributed by atoms with E-state index < -0.39 is 11.8 Å². The van der Waals surface area contributed by atoms with Crippen molar-refractivity contribution in [1.29, 1.82) is 0 Å². The lowest BCUT2D eigenvalue weighted by Crippen LogP contribution is -2.28. The molecule has 2 aromatic carbocycles. The number of rotatable bonds is 0. The van der Waals surface area contributed by atoms with Crippen LogP contribution in [0.3, 0.4) is 0 Å². The smallest absolute Gasteiger partial charge is 0.281 e. The molecule has 3 rings (SSSR count). The molecule has 0 aromatic heterocycles. The lowest BCUT2D eigenvalue weighted by molar-refractivity contribution is 0.0838. The normalized spacial score (nSPS) is 14.0. The van der Waals surface area contributed by atoms with Gasteiger partial charge < -0.3 is 5.11 Å². The van der Waals surface area contributed by atoms with Gasteiger partial charge in [0.15, 0.2) is 0 Å². The van der Waals surface area contributed by atoms with Gasteiger partial charge in [-0.2, -0.15) is 5.32 Å². The van der Waals surface area contributed by atoms with Crippen molar-refractivity contribution in [2.75, 3.05) is 0 Å². The van der Waals surface area contributed by atoms with Crippen LogP contribution in [-0.2, 0) is 0 Å². The zero-order chi connectivity index (χ0) is 11.3. The molecule has 0 saturated heterocycles. The van der Waals surface area contributed by atoms with Gasteiger partial charge in [-0.3, -0.25) is 9.59 Å². The van der Waals surface area contributed by atoms with E-state index in [0.717, 1.165) is 0 Å². The summed E-state index contributed by atoms with van der Waals surface area (Å²) >= 11 is 0. The summed E-state index contributed by atoms with van der Waals surface area (Å²) in [7, 11) is 0. The first-order valence-electron chi connectivity index (χ1n) is 4.73. The van der Waals surface area contributed by atoms with E-state index in [9.17, 15) is 14.7 Å². The van der Waals surface area contributed by atoms with Crippen LogP contribution in [-0.4, -0.2) is 16.9 Å². The van der Waals surface area contributed by atoms with Crippen LogP contribution in [0.1, 0.15) is 20.7 Å². The quantitative estimate of drug-likeness (QED) is 0.672. The molecule has 2 aromatic rings. The molecule has 4 heteroatoms.